The molecule has 92 valence electrons. The van der Waals surface area contributed by atoms with E-state index in [0.717, 1.165) is 0 Å². The number of rotatable bonds is 4. The highest BCUT2D eigenvalue weighted by Gasteiger charge is 2.09. The largest absolute Gasteiger partial charge is 0.507 e. The van der Waals surface area contributed by atoms with Gasteiger partial charge in [0.2, 0.25) is 0 Å². The van der Waals surface area contributed by atoms with Crippen LogP contribution in [-0.4, -0.2) is 28.0 Å². The first-order valence-corrected chi connectivity index (χ1v) is 5.29. The van der Waals surface area contributed by atoms with Crippen LogP contribution in [0.5, 0.6) is 11.5 Å². The lowest BCUT2D eigenvalue weighted by atomic mass is 10.1. The Hall–Kier alpha value is -2.56. The number of carbonyl (C=O) groups excluding carboxylic acids is 1. The van der Waals surface area contributed by atoms with Gasteiger partial charge in [0.15, 0.2) is 5.78 Å². The number of ether oxygens (including phenoxy) is 1. The summed E-state index contributed by atoms with van der Waals surface area (Å²) in [5.74, 6) is 0.695. The predicted molar refractivity (Wildman–Crippen MR) is 66.6 cm³/mol. The van der Waals surface area contributed by atoms with Crippen LogP contribution >= 0.6 is 0 Å². The van der Waals surface area contributed by atoms with Crippen LogP contribution in [0.4, 0.5) is 0 Å². The van der Waals surface area contributed by atoms with Crippen molar-refractivity contribution in [1.82, 2.24) is 9.97 Å². The number of allylic oxidation sites excluding steroid dienone is 1. The van der Waals surface area contributed by atoms with E-state index >= 15 is 0 Å². The van der Waals surface area contributed by atoms with Crippen molar-refractivity contribution in [3.63, 3.8) is 0 Å². The molecule has 0 spiro atoms. The van der Waals surface area contributed by atoms with Gasteiger partial charge in [-0.15, -0.1) is 0 Å². The van der Waals surface area contributed by atoms with Crippen molar-refractivity contribution in [2.75, 3.05) is 7.11 Å². The Morgan fingerprint density at radius 3 is 3.00 bits per heavy atom. The summed E-state index contributed by atoms with van der Waals surface area (Å²) in [5.41, 5.74) is 0.192. The van der Waals surface area contributed by atoms with Gasteiger partial charge in [-0.2, -0.15) is 0 Å². The van der Waals surface area contributed by atoms with Gasteiger partial charge < -0.3 is 14.8 Å². The first kappa shape index (κ1) is 11.9. The van der Waals surface area contributed by atoms with E-state index in [0.29, 0.717) is 11.6 Å². The minimum Gasteiger partial charge on any atom is -0.507 e. The number of hydrogen-bond acceptors (Lipinski definition) is 4. The van der Waals surface area contributed by atoms with Gasteiger partial charge in [0.05, 0.1) is 12.7 Å². The summed E-state index contributed by atoms with van der Waals surface area (Å²) < 4.78 is 5.00. The van der Waals surface area contributed by atoms with E-state index in [2.05, 4.69) is 9.97 Å². The van der Waals surface area contributed by atoms with Crippen molar-refractivity contribution in [3.8, 4) is 11.5 Å². The maximum atomic E-state index is 11.9. The van der Waals surface area contributed by atoms with Crippen LogP contribution in [0.25, 0.3) is 6.08 Å². The number of phenols is 1. The van der Waals surface area contributed by atoms with E-state index in [1.807, 2.05) is 0 Å². The number of H-pyrrole nitrogens is 1. The van der Waals surface area contributed by atoms with E-state index in [1.165, 1.54) is 25.3 Å². The molecule has 0 aliphatic heterocycles. The number of benzene rings is 1. The third-order valence-corrected chi connectivity index (χ3v) is 2.38. The van der Waals surface area contributed by atoms with Crippen LogP contribution in [0.1, 0.15) is 16.2 Å². The first-order chi connectivity index (χ1) is 8.70. The predicted octanol–water partition coefficient (Wildman–Crippen LogP) is 2.02. The van der Waals surface area contributed by atoms with Crippen LogP contribution in [0.3, 0.4) is 0 Å². The molecule has 2 N–H and O–H groups in total. The fourth-order valence-electron chi connectivity index (χ4n) is 1.45. The van der Waals surface area contributed by atoms with Gasteiger partial charge in [-0.25, -0.2) is 4.98 Å². The van der Waals surface area contributed by atoms with Crippen molar-refractivity contribution in [2.45, 2.75) is 0 Å². The summed E-state index contributed by atoms with van der Waals surface area (Å²) in [5, 5.41) is 9.62. The Morgan fingerprint density at radius 1 is 1.50 bits per heavy atom. The van der Waals surface area contributed by atoms with Gasteiger partial charge in [0.1, 0.15) is 17.3 Å². The van der Waals surface area contributed by atoms with E-state index in [9.17, 15) is 9.90 Å². The highest BCUT2D eigenvalue weighted by molar-refractivity contribution is 6.08. The Balaban J connectivity index is 2.23. The van der Waals surface area contributed by atoms with Gasteiger partial charge in [-0.3, -0.25) is 4.79 Å². The number of nitrogens with one attached hydrogen (secondary N) is 1. The Kier molecular flexibility index (Phi) is 3.43. The monoisotopic (exact) mass is 244 g/mol. The highest BCUT2D eigenvalue weighted by Crippen LogP contribution is 2.23. The zero-order valence-electron chi connectivity index (χ0n) is 9.75. The molecule has 0 unspecified atom stereocenters. The van der Waals surface area contributed by atoms with Crippen molar-refractivity contribution >= 4 is 11.9 Å². The molecule has 1 aromatic heterocycles. The summed E-state index contributed by atoms with van der Waals surface area (Å²) in [6.07, 6.45) is 6.13. The van der Waals surface area contributed by atoms with Crippen molar-refractivity contribution in [3.05, 3.63) is 48.1 Å². The number of aromatic hydroxyl groups is 1. The van der Waals surface area contributed by atoms with Crippen LogP contribution in [0.15, 0.2) is 36.7 Å². The minimum atomic E-state index is -0.317. The number of aromatic amines is 1. The number of methoxy groups -OCH3 is 1. The lowest BCUT2D eigenvalue weighted by molar-refractivity contribution is 0.104. The Bertz CT molecular complexity index is 574. The maximum absolute atomic E-state index is 11.9. The van der Waals surface area contributed by atoms with Crippen LogP contribution in [-0.2, 0) is 0 Å². The summed E-state index contributed by atoms with van der Waals surface area (Å²) in [7, 11) is 1.50. The fraction of sp³-hybridized carbons (Fsp3) is 0.0769. The molecule has 2 rings (SSSR count). The van der Waals surface area contributed by atoms with Crippen molar-refractivity contribution < 1.29 is 14.6 Å². The molecule has 0 aliphatic carbocycles. The maximum Gasteiger partial charge on any atom is 0.189 e. The molecule has 5 heteroatoms. The third-order valence-electron chi connectivity index (χ3n) is 2.38. The quantitative estimate of drug-likeness (QED) is 0.637. The molecule has 0 saturated carbocycles. The molecule has 0 amide bonds. The number of carbonyl (C=O) groups is 1. The van der Waals surface area contributed by atoms with E-state index < -0.39 is 0 Å². The highest BCUT2D eigenvalue weighted by atomic mass is 16.5. The Morgan fingerprint density at radius 2 is 2.33 bits per heavy atom. The number of imidazole rings is 1. The fourth-order valence-corrected chi connectivity index (χ4v) is 1.45. The molecule has 2 aromatic rings. The lowest BCUT2D eigenvalue weighted by Crippen LogP contribution is -1.96. The molecule has 0 saturated heterocycles. The van der Waals surface area contributed by atoms with Gasteiger partial charge in [0.25, 0.3) is 0 Å². The lowest BCUT2D eigenvalue weighted by Gasteiger charge is -2.03. The number of phenolic OH excluding ortho intramolecular Hbond substituents is 1. The van der Waals surface area contributed by atoms with Crippen molar-refractivity contribution in [1.29, 1.82) is 0 Å². The number of hydrogen-bond donors (Lipinski definition) is 2. The summed E-state index contributed by atoms with van der Waals surface area (Å²) in [6.45, 7) is 0. The van der Waals surface area contributed by atoms with Gasteiger partial charge in [-0.05, 0) is 30.4 Å². The summed E-state index contributed by atoms with van der Waals surface area (Å²) >= 11 is 0. The number of nitrogens with zero attached hydrogens (tertiary/aromatic N) is 1. The van der Waals surface area contributed by atoms with E-state index in [4.69, 9.17) is 4.74 Å². The Labute approximate surface area is 104 Å². The van der Waals surface area contributed by atoms with Gasteiger partial charge >= 0.3 is 0 Å². The molecule has 0 fully saturated rings. The van der Waals surface area contributed by atoms with Crippen LogP contribution in [0.2, 0.25) is 0 Å². The SMILES string of the molecule is COc1ccc(O)c(C(=O)C=Cc2ncc[nH]2)c1. The topological polar surface area (TPSA) is 75.2 Å². The number of aromatic nitrogens is 2. The van der Waals surface area contributed by atoms with E-state index in [1.54, 1.807) is 24.5 Å². The average molecular weight is 244 g/mol. The molecule has 0 atom stereocenters. The van der Waals surface area contributed by atoms with E-state index in [-0.39, 0.29) is 17.1 Å². The molecule has 1 aromatic carbocycles. The number of ketones is 1. The molecule has 1 heterocycles. The molecular weight excluding hydrogens is 232 g/mol. The second-order valence-corrected chi connectivity index (χ2v) is 3.56. The molecule has 18 heavy (non-hydrogen) atoms. The average Bonchev–Trinajstić information content (AvgIpc) is 2.89. The normalized spacial score (nSPS) is 10.7. The summed E-state index contributed by atoms with van der Waals surface area (Å²) in [4.78, 5) is 18.7. The first-order valence-electron chi connectivity index (χ1n) is 5.29. The van der Waals surface area contributed by atoms with Gasteiger partial charge in [0, 0.05) is 12.4 Å². The van der Waals surface area contributed by atoms with Crippen LogP contribution in [0, 0.1) is 0 Å². The second kappa shape index (κ2) is 5.18. The van der Waals surface area contributed by atoms with Crippen molar-refractivity contribution in [2.24, 2.45) is 0 Å². The zero-order chi connectivity index (χ0) is 13.0. The third kappa shape index (κ3) is 2.57. The van der Waals surface area contributed by atoms with Crippen LogP contribution < -0.4 is 4.74 Å². The smallest absolute Gasteiger partial charge is 0.189 e. The second-order valence-electron chi connectivity index (χ2n) is 3.56. The summed E-state index contributed by atoms with van der Waals surface area (Å²) in [6, 6.07) is 4.50. The molecule has 0 bridgehead atoms. The minimum absolute atomic E-state index is 0.0788. The van der Waals surface area contributed by atoms with Gasteiger partial charge in [-0.1, -0.05) is 0 Å². The zero-order valence-corrected chi connectivity index (χ0v) is 9.75. The molecule has 0 aliphatic rings. The molecular formula is C13H12N2O3. The molecule has 5 nitrogen and oxygen atoms in total. The standard InChI is InChI=1S/C13H12N2O3/c1-18-9-2-3-11(16)10(8-9)12(17)4-5-13-14-6-7-15-13/h2-8,16H,1H3,(H,14,15). The molecule has 0 radical (unpaired) electrons.